The van der Waals surface area contributed by atoms with Gasteiger partial charge in [0.1, 0.15) is 12.2 Å². The number of ketones is 1. The molecule has 0 bridgehead atoms. The summed E-state index contributed by atoms with van der Waals surface area (Å²) < 4.78 is 17.3. The van der Waals surface area contributed by atoms with Crippen LogP contribution in [-0.4, -0.2) is 38.2 Å². The molecule has 182 valence electrons. The first-order valence-corrected chi connectivity index (χ1v) is 11.9. The number of carbonyl (C=O) groups is 2. The van der Waals surface area contributed by atoms with Crippen LogP contribution < -0.4 is 0 Å². The lowest BCUT2D eigenvalue weighted by atomic mass is 9.80. The summed E-state index contributed by atoms with van der Waals surface area (Å²) in [7, 11) is 0. The van der Waals surface area contributed by atoms with E-state index in [1.54, 1.807) is 30.3 Å². The van der Waals surface area contributed by atoms with Crippen LogP contribution in [-0.2, 0) is 24.6 Å². The van der Waals surface area contributed by atoms with Crippen LogP contribution in [0.25, 0.3) is 0 Å². The summed E-state index contributed by atoms with van der Waals surface area (Å²) in [5, 5.41) is 0. The molecule has 0 radical (unpaired) electrons. The molecule has 0 unspecified atom stereocenters. The maximum absolute atomic E-state index is 12.1. The average Bonchev–Trinajstić information content (AvgIpc) is 2.96. The minimum absolute atomic E-state index is 0.0153. The second-order valence-corrected chi connectivity index (χ2v) is 8.07. The molecule has 0 saturated heterocycles. The van der Waals surface area contributed by atoms with Crippen molar-refractivity contribution >= 4 is 11.8 Å². The lowest BCUT2D eigenvalue weighted by Gasteiger charge is -2.36. The Hall–Kier alpha value is -4.06. The highest BCUT2D eigenvalue weighted by atomic mass is 16.6. The van der Waals surface area contributed by atoms with E-state index in [1.807, 2.05) is 54.6 Å². The van der Waals surface area contributed by atoms with Crippen molar-refractivity contribution in [1.82, 2.24) is 0 Å². The highest BCUT2D eigenvalue weighted by molar-refractivity contribution is 6.40. The smallest absolute Gasteiger partial charge is 0.379 e. The van der Waals surface area contributed by atoms with Gasteiger partial charge in [-0.3, -0.25) is 4.79 Å². The summed E-state index contributed by atoms with van der Waals surface area (Å²) in [5.41, 5.74) is 2.51. The maximum atomic E-state index is 12.1. The van der Waals surface area contributed by atoms with E-state index in [1.165, 1.54) is 0 Å². The SMILES string of the molecule is O=C(OCCOCCOC(c1ccccc1)(c1ccccc1)c1ccccc1)C(=O)c1ccccc1. The molecule has 0 heterocycles. The van der Waals surface area contributed by atoms with Gasteiger partial charge in [0, 0.05) is 5.56 Å². The fourth-order valence-corrected chi connectivity index (χ4v) is 4.09. The largest absolute Gasteiger partial charge is 0.457 e. The summed E-state index contributed by atoms with van der Waals surface area (Å²) in [6.45, 7) is 0.735. The monoisotopic (exact) mass is 480 g/mol. The molecule has 36 heavy (non-hydrogen) atoms. The van der Waals surface area contributed by atoms with Gasteiger partial charge < -0.3 is 14.2 Å². The Morgan fingerprint density at radius 3 is 1.42 bits per heavy atom. The Labute approximate surface area is 211 Å². The normalized spacial score (nSPS) is 11.1. The van der Waals surface area contributed by atoms with Crippen LogP contribution in [0.2, 0.25) is 0 Å². The number of Topliss-reactive ketones (excluding diaryl/α,β-unsaturated/α-hetero) is 1. The Kier molecular flexibility index (Phi) is 8.76. The first kappa shape index (κ1) is 25.0. The number of hydrogen-bond donors (Lipinski definition) is 0. The van der Waals surface area contributed by atoms with E-state index in [0.29, 0.717) is 18.8 Å². The Morgan fingerprint density at radius 2 is 0.944 bits per heavy atom. The van der Waals surface area contributed by atoms with Gasteiger partial charge in [-0.1, -0.05) is 121 Å². The second kappa shape index (κ2) is 12.6. The highest BCUT2D eigenvalue weighted by Crippen LogP contribution is 2.40. The maximum Gasteiger partial charge on any atom is 0.379 e. The fourth-order valence-electron chi connectivity index (χ4n) is 4.09. The van der Waals surface area contributed by atoms with E-state index in [2.05, 4.69) is 36.4 Å². The lowest BCUT2D eigenvalue weighted by Crippen LogP contribution is -2.34. The zero-order valence-corrected chi connectivity index (χ0v) is 19.9. The summed E-state index contributed by atoms with van der Waals surface area (Å²) >= 11 is 0. The molecule has 0 aliphatic carbocycles. The summed E-state index contributed by atoms with van der Waals surface area (Å²) in [4.78, 5) is 24.1. The van der Waals surface area contributed by atoms with Crippen LogP contribution in [0, 0.1) is 0 Å². The molecule has 0 atom stereocenters. The van der Waals surface area contributed by atoms with Crippen molar-refractivity contribution < 1.29 is 23.8 Å². The number of hydrogen-bond acceptors (Lipinski definition) is 5. The molecule has 4 rings (SSSR count). The van der Waals surface area contributed by atoms with E-state index < -0.39 is 17.4 Å². The van der Waals surface area contributed by atoms with Crippen LogP contribution in [0.5, 0.6) is 0 Å². The van der Waals surface area contributed by atoms with Gasteiger partial charge in [-0.05, 0) is 16.7 Å². The Balaban J connectivity index is 1.38. The molecule has 0 aliphatic heterocycles. The van der Waals surface area contributed by atoms with Gasteiger partial charge in [0.2, 0.25) is 0 Å². The van der Waals surface area contributed by atoms with E-state index in [4.69, 9.17) is 14.2 Å². The predicted molar refractivity (Wildman–Crippen MR) is 138 cm³/mol. The van der Waals surface area contributed by atoms with Crippen molar-refractivity contribution in [2.75, 3.05) is 26.4 Å². The van der Waals surface area contributed by atoms with Crippen LogP contribution in [0.4, 0.5) is 0 Å². The summed E-state index contributed by atoms with van der Waals surface area (Å²) in [5.74, 6) is -1.56. The quantitative estimate of drug-likeness (QED) is 0.0889. The molecule has 0 aliphatic rings. The topological polar surface area (TPSA) is 61.8 Å². The summed E-state index contributed by atoms with van der Waals surface area (Å²) in [6.07, 6.45) is 0. The summed E-state index contributed by atoms with van der Waals surface area (Å²) in [6, 6.07) is 38.6. The Morgan fingerprint density at radius 1 is 0.528 bits per heavy atom. The van der Waals surface area contributed by atoms with E-state index in [-0.39, 0.29) is 13.2 Å². The standard InChI is InChI=1S/C31H28O5/c32-29(25-13-5-1-6-14-25)30(33)35-23-21-34-22-24-36-31(26-15-7-2-8-16-26,27-17-9-3-10-18-27)28-19-11-4-12-20-28/h1-20H,21-24H2. The van der Waals surface area contributed by atoms with Crippen LogP contribution in [0.3, 0.4) is 0 Å². The van der Waals surface area contributed by atoms with Crippen molar-refractivity contribution in [1.29, 1.82) is 0 Å². The van der Waals surface area contributed by atoms with Gasteiger partial charge >= 0.3 is 5.97 Å². The van der Waals surface area contributed by atoms with Crippen LogP contribution >= 0.6 is 0 Å². The number of ether oxygens (including phenoxy) is 3. The molecule has 0 aromatic heterocycles. The zero-order valence-electron chi connectivity index (χ0n) is 19.9. The van der Waals surface area contributed by atoms with E-state index in [0.717, 1.165) is 16.7 Å². The third-order valence-electron chi connectivity index (χ3n) is 5.77. The number of benzene rings is 4. The van der Waals surface area contributed by atoms with Gasteiger partial charge in [-0.25, -0.2) is 4.79 Å². The fraction of sp³-hybridized carbons (Fsp3) is 0.161. The van der Waals surface area contributed by atoms with Gasteiger partial charge in [-0.2, -0.15) is 0 Å². The zero-order chi connectivity index (χ0) is 25.1. The molecular formula is C31H28O5. The molecule has 0 amide bonds. The highest BCUT2D eigenvalue weighted by Gasteiger charge is 2.37. The minimum atomic E-state index is -0.891. The van der Waals surface area contributed by atoms with Crippen molar-refractivity contribution in [2.24, 2.45) is 0 Å². The molecule has 4 aromatic carbocycles. The molecule has 0 N–H and O–H groups in total. The van der Waals surface area contributed by atoms with Crippen molar-refractivity contribution in [3.8, 4) is 0 Å². The first-order chi connectivity index (χ1) is 17.7. The number of rotatable bonds is 12. The van der Waals surface area contributed by atoms with E-state index >= 15 is 0 Å². The first-order valence-electron chi connectivity index (χ1n) is 11.9. The molecule has 0 spiro atoms. The van der Waals surface area contributed by atoms with E-state index in [9.17, 15) is 9.59 Å². The molecule has 0 fully saturated rings. The van der Waals surface area contributed by atoms with Crippen LogP contribution in [0.1, 0.15) is 27.0 Å². The number of esters is 1. The Bertz CT molecular complexity index is 1130. The molecule has 5 heteroatoms. The molecular weight excluding hydrogens is 452 g/mol. The minimum Gasteiger partial charge on any atom is -0.457 e. The van der Waals surface area contributed by atoms with Crippen molar-refractivity contribution in [2.45, 2.75) is 5.60 Å². The van der Waals surface area contributed by atoms with Gasteiger partial charge in [0.25, 0.3) is 5.78 Å². The molecule has 5 nitrogen and oxygen atoms in total. The van der Waals surface area contributed by atoms with Gasteiger partial charge in [-0.15, -0.1) is 0 Å². The average molecular weight is 481 g/mol. The van der Waals surface area contributed by atoms with Crippen molar-refractivity contribution in [3.63, 3.8) is 0 Å². The van der Waals surface area contributed by atoms with Crippen LogP contribution in [0.15, 0.2) is 121 Å². The second-order valence-electron chi connectivity index (χ2n) is 8.07. The third kappa shape index (κ3) is 5.95. The van der Waals surface area contributed by atoms with Gasteiger partial charge in [0.05, 0.1) is 19.8 Å². The van der Waals surface area contributed by atoms with Gasteiger partial charge in [0.15, 0.2) is 0 Å². The number of carbonyl (C=O) groups excluding carboxylic acids is 2. The predicted octanol–water partition coefficient (Wildman–Crippen LogP) is 5.44. The molecule has 0 saturated carbocycles. The lowest BCUT2D eigenvalue weighted by molar-refractivity contribution is -0.139. The third-order valence-corrected chi connectivity index (χ3v) is 5.77. The van der Waals surface area contributed by atoms with Crippen molar-refractivity contribution in [3.05, 3.63) is 144 Å². The molecule has 4 aromatic rings.